The molecule has 3 heterocycles. The summed E-state index contributed by atoms with van der Waals surface area (Å²) in [5, 5.41) is 9.16. The van der Waals surface area contributed by atoms with Gasteiger partial charge >= 0.3 is 0 Å². The summed E-state index contributed by atoms with van der Waals surface area (Å²) in [5.41, 5.74) is 0.673. The highest BCUT2D eigenvalue weighted by Crippen LogP contribution is 2.16. The van der Waals surface area contributed by atoms with Crippen molar-refractivity contribution in [1.29, 1.82) is 0 Å². The third-order valence-corrected chi connectivity index (χ3v) is 3.68. The Morgan fingerprint density at radius 2 is 2.08 bits per heavy atom. The Morgan fingerprint density at radius 1 is 1.27 bits per heavy atom. The number of rotatable bonds is 6. The number of carbonyl (C=O) groups is 2. The lowest BCUT2D eigenvalue weighted by Gasteiger charge is -2.09. The maximum Gasteiger partial charge on any atom is 0.287 e. The smallest absolute Gasteiger partial charge is 0.287 e. The van der Waals surface area contributed by atoms with Crippen LogP contribution in [0.3, 0.4) is 0 Å². The minimum absolute atomic E-state index is 0.143. The average Bonchev–Trinajstić information content (AvgIpc) is 3.18. The van der Waals surface area contributed by atoms with E-state index in [1.54, 1.807) is 41.8 Å². The molecular weight excluding hydrogens is 336 g/mol. The van der Waals surface area contributed by atoms with Crippen molar-refractivity contribution in [2.24, 2.45) is 0 Å². The lowest BCUT2D eigenvalue weighted by Crippen LogP contribution is -2.32. The molecule has 0 bridgehead atoms. The molecule has 0 unspecified atom stereocenters. The van der Waals surface area contributed by atoms with Gasteiger partial charge in [-0.1, -0.05) is 11.2 Å². The molecule has 0 fully saturated rings. The van der Waals surface area contributed by atoms with Crippen LogP contribution < -0.4 is 10.6 Å². The monoisotopic (exact) mass is 356 g/mol. The normalized spacial score (nSPS) is 11.1. The molecule has 3 rings (SSSR count). The number of pyridine rings is 1. The Bertz CT molecular complexity index is 943. The first-order valence-corrected chi connectivity index (χ1v) is 8.10. The lowest BCUT2D eigenvalue weighted by atomic mass is 10.3. The van der Waals surface area contributed by atoms with Crippen molar-refractivity contribution in [3.05, 3.63) is 47.7 Å². The maximum absolute atomic E-state index is 12.6. The molecule has 0 saturated heterocycles. The van der Waals surface area contributed by atoms with Gasteiger partial charge in [-0.2, -0.15) is 0 Å². The summed E-state index contributed by atoms with van der Waals surface area (Å²) in [6.45, 7) is 2.91. The number of hydrogen-bond acceptors (Lipinski definition) is 6. The van der Waals surface area contributed by atoms with Crippen LogP contribution in [-0.2, 0) is 0 Å². The number of imidazole rings is 1. The number of amides is 2. The molecular formula is C17H20N6O3. The van der Waals surface area contributed by atoms with Gasteiger partial charge in [0.2, 0.25) is 5.82 Å². The summed E-state index contributed by atoms with van der Waals surface area (Å²) < 4.78 is 6.53. The third kappa shape index (κ3) is 3.72. The summed E-state index contributed by atoms with van der Waals surface area (Å²) in [5.74, 6) is 0.220. The number of aromatic nitrogens is 3. The molecule has 0 aliphatic heterocycles. The number of nitrogens with one attached hydrogen (secondary N) is 2. The summed E-state index contributed by atoms with van der Waals surface area (Å²) in [7, 11) is 3.84. The first-order chi connectivity index (χ1) is 12.5. The van der Waals surface area contributed by atoms with E-state index in [0.29, 0.717) is 30.2 Å². The average molecular weight is 356 g/mol. The zero-order valence-corrected chi connectivity index (χ0v) is 14.8. The first-order valence-electron chi connectivity index (χ1n) is 8.10. The van der Waals surface area contributed by atoms with Crippen molar-refractivity contribution < 1.29 is 14.1 Å². The van der Waals surface area contributed by atoms with Crippen molar-refractivity contribution >= 4 is 23.1 Å². The van der Waals surface area contributed by atoms with Crippen LogP contribution in [0.15, 0.2) is 35.0 Å². The second kappa shape index (κ2) is 7.36. The van der Waals surface area contributed by atoms with Crippen LogP contribution >= 0.6 is 0 Å². The summed E-state index contributed by atoms with van der Waals surface area (Å²) in [6.07, 6.45) is 1.69. The Hall–Kier alpha value is -3.20. The maximum atomic E-state index is 12.6. The summed E-state index contributed by atoms with van der Waals surface area (Å²) in [4.78, 5) is 31.3. The van der Waals surface area contributed by atoms with E-state index < -0.39 is 5.91 Å². The number of fused-ring (bicyclic) bond motifs is 1. The van der Waals surface area contributed by atoms with Gasteiger partial charge in [-0.25, -0.2) is 4.98 Å². The predicted octanol–water partition coefficient (Wildman–Crippen LogP) is 1.17. The Morgan fingerprint density at radius 3 is 2.77 bits per heavy atom. The standard InChI is InChI=1S/C17H20N6O3/c1-11-10-13(21-26-11)19-16(24)14-12-6-4-5-8-23(12)15(20-14)17(25)18-7-9-22(2)3/h4-6,8,10H,7,9H2,1-3H3,(H,18,25)(H,19,21,24). The Balaban J connectivity index is 1.87. The van der Waals surface area contributed by atoms with Crippen LogP contribution in [0.2, 0.25) is 0 Å². The summed E-state index contributed by atoms with van der Waals surface area (Å²) in [6, 6.07) is 6.88. The number of likely N-dealkylation sites (N-methyl/N-ethyl adjacent to an activating group) is 1. The number of hydrogen-bond donors (Lipinski definition) is 2. The lowest BCUT2D eigenvalue weighted by molar-refractivity contribution is 0.0940. The molecule has 26 heavy (non-hydrogen) atoms. The van der Waals surface area contributed by atoms with Crippen LogP contribution in [0.25, 0.3) is 5.52 Å². The van der Waals surface area contributed by atoms with Gasteiger partial charge in [-0.3, -0.25) is 14.0 Å². The molecule has 0 saturated carbocycles. The second-order valence-electron chi connectivity index (χ2n) is 6.08. The van der Waals surface area contributed by atoms with E-state index in [1.807, 2.05) is 19.0 Å². The van der Waals surface area contributed by atoms with Gasteiger partial charge < -0.3 is 20.1 Å². The first kappa shape index (κ1) is 17.6. The zero-order valence-electron chi connectivity index (χ0n) is 14.8. The van der Waals surface area contributed by atoms with Gasteiger partial charge in [0.15, 0.2) is 11.5 Å². The highest BCUT2D eigenvalue weighted by Gasteiger charge is 2.22. The number of carbonyl (C=O) groups excluding carboxylic acids is 2. The molecule has 0 atom stereocenters. The van der Waals surface area contributed by atoms with E-state index in [9.17, 15) is 9.59 Å². The van der Waals surface area contributed by atoms with Gasteiger partial charge in [-0.05, 0) is 33.2 Å². The van der Waals surface area contributed by atoms with Crippen molar-refractivity contribution in [2.45, 2.75) is 6.92 Å². The number of anilines is 1. The third-order valence-electron chi connectivity index (χ3n) is 3.68. The Kier molecular flexibility index (Phi) is 4.99. The SMILES string of the molecule is Cc1cc(NC(=O)c2nc(C(=O)NCCN(C)C)n3ccccc23)no1. The number of nitrogens with zero attached hydrogens (tertiary/aromatic N) is 4. The number of aryl methyl sites for hydroxylation is 1. The molecule has 0 aliphatic carbocycles. The highest BCUT2D eigenvalue weighted by molar-refractivity contribution is 6.08. The van der Waals surface area contributed by atoms with Crippen LogP contribution in [0.1, 0.15) is 26.9 Å². The van der Waals surface area contributed by atoms with Crippen LogP contribution in [0.4, 0.5) is 5.82 Å². The molecule has 2 amide bonds. The van der Waals surface area contributed by atoms with Gasteiger partial charge in [0.1, 0.15) is 5.76 Å². The van der Waals surface area contributed by atoms with Crippen molar-refractivity contribution in [3.63, 3.8) is 0 Å². The molecule has 0 aromatic carbocycles. The molecule has 136 valence electrons. The van der Waals surface area contributed by atoms with E-state index in [4.69, 9.17) is 4.52 Å². The molecule has 9 nitrogen and oxygen atoms in total. The van der Waals surface area contributed by atoms with E-state index in [-0.39, 0.29) is 17.4 Å². The van der Waals surface area contributed by atoms with Crippen LogP contribution in [-0.4, -0.2) is 58.4 Å². The molecule has 3 aromatic heterocycles. The van der Waals surface area contributed by atoms with E-state index >= 15 is 0 Å². The van der Waals surface area contributed by atoms with Crippen LogP contribution in [0, 0.1) is 6.92 Å². The molecule has 3 aromatic rings. The quantitative estimate of drug-likeness (QED) is 0.687. The fraction of sp³-hybridized carbons (Fsp3) is 0.294. The highest BCUT2D eigenvalue weighted by atomic mass is 16.5. The molecule has 9 heteroatoms. The van der Waals surface area contributed by atoms with Gasteiger partial charge in [0, 0.05) is 25.4 Å². The minimum Gasteiger partial charge on any atom is -0.360 e. The van der Waals surface area contributed by atoms with Gasteiger partial charge in [0.25, 0.3) is 11.8 Å². The van der Waals surface area contributed by atoms with Gasteiger partial charge in [0.05, 0.1) is 5.52 Å². The molecule has 0 radical (unpaired) electrons. The van der Waals surface area contributed by atoms with Crippen LogP contribution in [0.5, 0.6) is 0 Å². The molecule has 2 N–H and O–H groups in total. The van der Waals surface area contributed by atoms with Crippen molar-refractivity contribution in [1.82, 2.24) is 24.8 Å². The molecule has 0 spiro atoms. The van der Waals surface area contributed by atoms with Crippen molar-refractivity contribution in [3.8, 4) is 0 Å². The molecule has 0 aliphatic rings. The van der Waals surface area contributed by atoms with E-state index in [1.165, 1.54) is 0 Å². The summed E-state index contributed by atoms with van der Waals surface area (Å²) >= 11 is 0. The Labute approximate surface area is 150 Å². The minimum atomic E-state index is -0.464. The van der Waals surface area contributed by atoms with E-state index in [0.717, 1.165) is 0 Å². The van der Waals surface area contributed by atoms with E-state index in [2.05, 4.69) is 20.8 Å². The largest absolute Gasteiger partial charge is 0.360 e. The van der Waals surface area contributed by atoms with Gasteiger partial charge in [-0.15, -0.1) is 0 Å². The zero-order chi connectivity index (χ0) is 18.7. The van der Waals surface area contributed by atoms with Crippen molar-refractivity contribution in [2.75, 3.05) is 32.5 Å². The second-order valence-corrected chi connectivity index (χ2v) is 6.08. The fourth-order valence-electron chi connectivity index (χ4n) is 2.44. The topological polar surface area (TPSA) is 105 Å². The fourth-order valence-corrected chi connectivity index (χ4v) is 2.44. The predicted molar refractivity (Wildman–Crippen MR) is 95.3 cm³/mol.